The van der Waals surface area contributed by atoms with Crippen LogP contribution < -0.4 is 5.73 Å². The number of amides is 1. The fraction of sp³-hybridized carbons (Fsp3) is 0.438. The van der Waals surface area contributed by atoms with E-state index in [1.54, 1.807) is 0 Å². The Morgan fingerprint density at radius 2 is 1.96 bits per heavy atom. The van der Waals surface area contributed by atoms with Crippen molar-refractivity contribution in [1.29, 1.82) is 0 Å². The maximum Gasteiger partial charge on any atom is 0.307 e. The molecule has 0 aliphatic carbocycles. The number of hydrogen-bond donors (Lipinski definition) is 3. The van der Waals surface area contributed by atoms with Gasteiger partial charge >= 0.3 is 5.97 Å². The quantitative estimate of drug-likeness (QED) is 0.561. The molecule has 1 aromatic heterocycles. The smallest absolute Gasteiger partial charge is 0.307 e. The minimum atomic E-state index is -0.897. The number of primary amides is 1. The van der Waals surface area contributed by atoms with Gasteiger partial charge in [0.25, 0.3) is 0 Å². The first kappa shape index (κ1) is 17.6. The Hall–Kier alpha value is -2.77. The second-order valence-corrected chi connectivity index (χ2v) is 5.74. The number of tetrazole rings is 1. The third-order valence-corrected chi connectivity index (χ3v) is 4.00. The van der Waals surface area contributed by atoms with Crippen molar-refractivity contribution in [2.75, 3.05) is 0 Å². The number of hydrogen-bond acceptors (Lipinski definition) is 5. The topological polar surface area (TPSA) is 135 Å². The summed E-state index contributed by atoms with van der Waals surface area (Å²) in [4.78, 5) is 22.6. The van der Waals surface area contributed by atoms with Crippen LogP contribution in [0.2, 0.25) is 0 Å². The number of nitrogens with two attached hydrogens (primary N) is 1. The Morgan fingerprint density at radius 3 is 2.54 bits per heavy atom. The van der Waals surface area contributed by atoms with E-state index in [2.05, 4.69) is 20.6 Å². The van der Waals surface area contributed by atoms with Gasteiger partial charge in [0.2, 0.25) is 5.91 Å². The zero-order valence-electron chi connectivity index (χ0n) is 13.3. The van der Waals surface area contributed by atoms with Crippen LogP contribution in [0.5, 0.6) is 0 Å². The molecule has 0 bridgehead atoms. The van der Waals surface area contributed by atoms with Gasteiger partial charge in [-0.2, -0.15) is 0 Å². The van der Waals surface area contributed by atoms with Crippen LogP contribution in [0, 0.1) is 5.92 Å². The highest BCUT2D eigenvalue weighted by molar-refractivity contribution is 5.73. The summed E-state index contributed by atoms with van der Waals surface area (Å²) in [7, 11) is 0. The average Bonchev–Trinajstić information content (AvgIpc) is 3.08. The predicted molar refractivity (Wildman–Crippen MR) is 85.9 cm³/mol. The van der Waals surface area contributed by atoms with Gasteiger partial charge in [0.05, 0.1) is 5.92 Å². The Balaban J connectivity index is 2.12. The van der Waals surface area contributed by atoms with Gasteiger partial charge in [0, 0.05) is 12.3 Å². The largest absolute Gasteiger partial charge is 0.481 e. The number of benzene rings is 1. The van der Waals surface area contributed by atoms with Gasteiger partial charge in [0.15, 0.2) is 5.82 Å². The predicted octanol–water partition coefficient (Wildman–Crippen LogP) is 1.27. The molecule has 2 rings (SSSR count). The number of nitrogens with one attached hydrogen (secondary N) is 1. The summed E-state index contributed by atoms with van der Waals surface area (Å²) < 4.78 is 0. The summed E-state index contributed by atoms with van der Waals surface area (Å²) in [6.45, 7) is 0. The highest BCUT2D eigenvalue weighted by atomic mass is 16.4. The third kappa shape index (κ3) is 5.15. The lowest BCUT2D eigenvalue weighted by Gasteiger charge is -2.21. The van der Waals surface area contributed by atoms with E-state index in [1.165, 1.54) is 0 Å². The van der Waals surface area contributed by atoms with Gasteiger partial charge in [-0.05, 0) is 35.3 Å². The van der Waals surface area contributed by atoms with E-state index < -0.39 is 11.9 Å². The molecule has 0 saturated carbocycles. The first-order valence-corrected chi connectivity index (χ1v) is 7.86. The van der Waals surface area contributed by atoms with E-state index in [0.717, 1.165) is 5.56 Å². The fourth-order valence-electron chi connectivity index (χ4n) is 2.78. The van der Waals surface area contributed by atoms with Crippen LogP contribution in [0.3, 0.4) is 0 Å². The number of aliphatic carboxylic acids is 1. The van der Waals surface area contributed by atoms with Gasteiger partial charge in [-0.3, -0.25) is 9.59 Å². The van der Waals surface area contributed by atoms with Crippen LogP contribution in [0.1, 0.15) is 43.0 Å². The van der Waals surface area contributed by atoms with Crippen LogP contribution in [0.25, 0.3) is 0 Å². The lowest BCUT2D eigenvalue weighted by Crippen LogP contribution is -2.25. The minimum Gasteiger partial charge on any atom is -0.481 e. The molecule has 128 valence electrons. The summed E-state index contributed by atoms with van der Waals surface area (Å²) >= 11 is 0. The first-order valence-electron chi connectivity index (χ1n) is 7.86. The number of carboxylic acids is 1. The zero-order chi connectivity index (χ0) is 17.4. The summed E-state index contributed by atoms with van der Waals surface area (Å²) in [6, 6.07) is 9.62. The van der Waals surface area contributed by atoms with E-state index in [-0.39, 0.29) is 18.2 Å². The van der Waals surface area contributed by atoms with Crippen LogP contribution in [-0.4, -0.2) is 37.6 Å². The Bertz CT molecular complexity index is 645. The number of aromatic amines is 1. The van der Waals surface area contributed by atoms with Crippen molar-refractivity contribution in [3.63, 3.8) is 0 Å². The molecule has 0 unspecified atom stereocenters. The second kappa shape index (κ2) is 8.76. The molecule has 24 heavy (non-hydrogen) atoms. The molecule has 8 heteroatoms. The van der Waals surface area contributed by atoms with Gasteiger partial charge < -0.3 is 10.8 Å². The lowest BCUT2D eigenvalue weighted by atomic mass is 9.83. The molecule has 1 heterocycles. The molecule has 2 aromatic rings. The third-order valence-electron chi connectivity index (χ3n) is 4.00. The molecule has 4 N–H and O–H groups in total. The van der Waals surface area contributed by atoms with Crippen molar-refractivity contribution in [3.05, 3.63) is 41.7 Å². The van der Waals surface area contributed by atoms with Crippen molar-refractivity contribution < 1.29 is 14.7 Å². The maximum absolute atomic E-state index is 11.8. The number of rotatable bonds is 10. The SMILES string of the molecule is NC(=O)CCCC[C@H](C(=O)O)[C@H](Cc1ccccc1)c1nnn[nH]1. The van der Waals surface area contributed by atoms with E-state index in [0.29, 0.717) is 31.5 Å². The minimum absolute atomic E-state index is 0.263. The summed E-state index contributed by atoms with van der Waals surface area (Å²) in [5.74, 6) is -1.82. The van der Waals surface area contributed by atoms with Gasteiger partial charge in [-0.15, -0.1) is 5.10 Å². The number of carboxylic acid groups (broad SMARTS) is 1. The van der Waals surface area contributed by atoms with Gasteiger partial charge in [0.1, 0.15) is 0 Å². The molecular weight excluding hydrogens is 310 g/mol. The summed E-state index contributed by atoms with van der Waals surface area (Å²) in [6.07, 6.45) is 2.39. The van der Waals surface area contributed by atoms with Crippen molar-refractivity contribution in [2.24, 2.45) is 11.7 Å². The van der Waals surface area contributed by atoms with Gasteiger partial charge in [-0.1, -0.05) is 36.8 Å². The standard InChI is InChI=1S/C16H21N5O3/c17-14(22)9-5-4-8-12(16(23)24)13(15-18-20-21-19-15)10-11-6-2-1-3-7-11/h1-3,6-7,12-13H,4-5,8-10H2,(H2,17,22)(H,23,24)(H,18,19,20,21)/t12-,13-/m0/s1. The highest BCUT2D eigenvalue weighted by Crippen LogP contribution is 2.30. The number of aromatic nitrogens is 4. The molecule has 0 aliphatic rings. The maximum atomic E-state index is 11.8. The number of carbonyl (C=O) groups excluding carboxylic acids is 1. The first-order chi connectivity index (χ1) is 11.6. The second-order valence-electron chi connectivity index (χ2n) is 5.74. The highest BCUT2D eigenvalue weighted by Gasteiger charge is 2.31. The molecule has 1 aromatic carbocycles. The Labute approximate surface area is 139 Å². The molecule has 0 saturated heterocycles. The van der Waals surface area contributed by atoms with Crippen molar-refractivity contribution in [2.45, 2.75) is 38.0 Å². The lowest BCUT2D eigenvalue weighted by molar-refractivity contribution is -0.143. The van der Waals surface area contributed by atoms with Crippen LogP contribution in [0.4, 0.5) is 0 Å². The molecule has 8 nitrogen and oxygen atoms in total. The number of unbranched alkanes of at least 4 members (excludes halogenated alkanes) is 1. The Morgan fingerprint density at radius 1 is 1.21 bits per heavy atom. The van der Waals surface area contributed by atoms with Gasteiger partial charge in [-0.25, -0.2) is 5.10 Å². The van der Waals surface area contributed by atoms with E-state index in [1.807, 2.05) is 30.3 Å². The number of carbonyl (C=O) groups is 2. The van der Waals surface area contributed by atoms with Crippen molar-refractivity contribution in [3.8, 4) is 0 Å². The molecule has 0 radical (unpaired) electrons. The van der Waals surface area contributed by atoms with E-state index >= 15 is 0 Å². The zero-order valence-corrected chi connectivity index (χ0v) is 13.3. The summed E-state index contributed by atoms with van der Waals surface area (Å²) in [5, 5.41) is 23.4. The fourth-order valence-corrected chi connectivity index (χ4v) is 2.78. The molecule has 0 aliphatic heterocycles. The normalized spacial score (nSPS) is 13.3. The molecular formula is C16H21N5O3. The molecule has 2 atom stereocenters. The van der Waals surface area contributed by atoms with Crippen LogP contribution in [-0.2, 0) is 16.0 Å². The molecule has 0 spiro atoms. The molecule has 0 fully saturated rings. The average molecular weight is 331 g/mol. The van der Waals surface area contributed by atoms with Crippen molar-refractivity contribution in [1.82, 2.24) is 20.6 Å². The number of nitrogens with zero attached hydrogens (tertiary/aromatic N) is 3. The van der Waals surface area contributed by atoms with E-state index in [4.69, 9.17) is 5.73 Å². The monoisotopic (exact) mass is 331 g/mol. The van der Waals surface area contributed by atoms with Crippen LogP contribution in [0.15, 0.2) is 30.3 Å². The van der Waals surface area contributed by atoms with E-state index in [9.17, 15) is 14.7 Å². The summed E-state index contributed by atoms with van der Waals surface area (Å²) in [5.41, 5.74) is 6.14. The molecule has 1 amide bonds. The van der Waals surface area contributed by atoms with Crippen molar-refractivity contribution >= 4 is 11.9 Å². The number of H-pyrrole nitrogens is 1. The van der Waals surface area contributed by atoms with Crippen LogP contribution >= 0.6 is 0 Å². The Kier molecular flexibility index (Phi) is 6.41.